The molecule has 0 bridgehead atoms. The number of hydrogen-bond acceptors (Lipinski definition) is 7. The Labute approximate surface area is 262 Å². The molecule has 2 fully saturated rings. The Bertz CT molecular complexity index is 1580. The van der Waals surface area contributed by atoms with Crippen molar-refractivity contribution in [2.45, 2.75) is 57.0 Å². The number of aliphatic hydroxyl groups is 1. The standard InChI is InChI=1S/C30H35ClN6O3.2ClH/c1-35-28(21-6-4-20(16-32)5-7-21)26-27(34-35)29(38)37(19-33-26)18-30(39)10-12-36(13-11-30)17-23-9-8-22(15-24(23)31)25-3-2-14-40-25;;/h4-9,15,19,25,39H,2-3,10-14,16-18,32H2,1H3;2*1H. The van der Waals surface area contributed by atoms with Gasteiger partial charge in [-0.1, -0.05) is 48.0 Å². The van der Waals surface area contributed by atoms with Gasteiger partial charge in [-0.2, -0.15) is 5.10 Å². The van der Waals surface area contributed by atoms with Crippen LogP contribution in [0.3, 0.4) is 0 Å². The van der Waals surface area contributed by atoms with Gasteiger partial charge in [-0.15, -0.1) is 24.8 Å². The van der Waals surface area contributed by atoms with Gasteiger partial charge in [0, 0.05) is 50.4 Å². The third-order valence-electron chi connectivity index (χ3n) is 8.30. The van der Waals surface area contributed by atoms with E-state index in [9.17, 15) is 9.90 Å². The molecule has 12 heteroatoms. The van der Waals surface area contributed by atoms with Gasteiger partial charge in [-0.3, -0.25) is 18.9 Å². The highest BCUT2D eigenvalue weighted by Gasteiger charge is 2.34. The molecule has 0 saturated carbocycles. The molecule has 3 N–H and O–H groups in total. The second-order valence-electron chi connectivity index (χ2n) is 11.1. The fourth-order valence-electron chi connectivity index (χ4n) is 5.91. The Balaban J connectivity index is 0.00000202. The Hall–Kier alpha value is -2.50. The third-order valence-corrected chi connectivity index (χ3v) is 8.65. The van der Waals surface area contributed by atoms with Crippen LogP contribution in [0, 0.1) is 0 Å². The summed E-state index contributed by atoms with van der Waals surface area (Å²) in [5.41, 5.74) is 10.3. The topological polar surface area (TPSA) is 111 Å². The van der Waals surface area contributed by atoms with Gasteiger partial charge in [0.25, 0.3) is 5.56 Å². The molecule has 6 rings (SSSR count). The van der Waals surface area contributed by atoms with Crippen LogP contribution < -0.4 is 11.3 Å². The van der Waals surface area contributed by atoms with Gasteiger partial charge < -0.3 is 15.6 Å². The molecule has 4 aromatic rings. The maximum atomic E-state index is 13.4. The first-order valence-electron chi connectivity index (χ1n) is 13.9. The minimum Gasteiger partial charge on any atom is -0.388 e. The van der Waals surface area contributed by atoms with Gasteiger partial charge in [0.05, 0.1) is 30.3 Å². The normalized spacial score (nSPS) is 18.5. The van der Waals surface area contributed by atoms with Crippen molar-refractivity contribution < 1.29 is 9.84 Å². The molecule has 9 nitrogen and oxygen atoms in total. The van der Waals surface area contributed by atoms with Gasteiger partial charge in [0.2, 0.25) is 0 Å². The average molecular weight is 636 g/mol. The largest absolute Gasteiger partial charge is 0.388 e. The van der Waals surface area contributed by atoms with E-state index in [0.29, 0.717) is 43.5 Å². The number of aromatic nitrogens is 4. The lowest BCUT2D eigenvalue weighted by Crippen LogP contribution is -2.47. The number of nitrogens with zero attached hydrogens (tertiary/aromatic N) is 5. The SMILES string of the molecule is Cl.Cl.Cn1nc2c(=O)n(CC3(O)CCN(Cc4ccc(C5CCCO5)cc4Cl)CC3)cnc2c1-c1ccc(CN)cc1. The predicted octanol–water partition coefficient (Wildman–Crippen LogP) is 4.63. The number of benzene rings is 2. The Morgan fingerprint density at radius 1 is 1.12 bits per heavy atom. The monoisotopic (exact) mass is 634 g/mol. The summed E-state index contributed by atoms with van der Waals surface area (Å²) < 4.78 is 8.97. The van der Waals surface area contributed by atoms with Crippen molar-refractivity contribution in [1.82, 2.24) is 24.2 Å². The number of fused-ring (bicyclic) bond motifs is 1. The second kappa shape index (κ2) is 13.4. The van der Waals surface area contributed by atoms with Crippen molar-refractivity contribution in [2.75, 3.05) is 19.7 Å². The Kier molecular flexibility index (Phi) is 10.4. The molecule has 2 aliphatic heterocycles. The number of nitrogens with two attached hydrogens (primary N) is 1. The van der Waals surface area contributed by atoms with E-state index < -0.39 is 5.60 Å². The molecular weight excluding hydrogens is 599 g/mol. The first kappa shape index (κ1) is 32.4. The lowest BCUT2D eigenvalue weighted by atomic mass is 9.91. The Morgan fingerprint density at radius 2 is 1.86 bits per heavy atom. The molecule has 2 aromatic carbocycles. The zero-order valence-corrected chi connectivity index (χ0v) is 25.9. The summed E-state index contributed by atoms with van der Waals surface area (Å²) >= 11 is 6.63. The third kappa shape index (κ3) is 6.53. The fraction of sp³-hybridized carbons (Fsp3) is 0.433. The van der Waals surface area contributed by atoms with Crippen molar-refractivity contribution in [1.29, 1.82) is 0 Å². The summed E-state index contributed by atoms with van der Waals surface area (Å²) in [4.78, 5) is 20.3. The quantitative estimate of drug-likeness (QED) is 0.305. The van der Waals surface area contributed by atoms with E-state index in [-0.39, 0.29) is 43.0 Å². The van der Waals surface area contributed by atoms with Crippen LogP contribution in [-0.2, 0) is 31.4 Å². The minimum atomic E-state index is -1.00. The Morgan fingerprint density at radius 3 is 2.50 bits per heavy atom. The zero-order chi connectivity index (χ0) is 27.9. The highest BCUT2D eigenvalue weighted by atomic mass is 35.5. The van der Waals surface area contributed by atoms with Gasteiger partial charge in [0.1, 0.15) is 5.52 Å². The number of aryl methyl sites for hydroxylation is 1. The van der Waals surface area contributed by atoms with Gasteiger partial charge >= 0.3 is 0 Å². The number of likely N-dealkylation sites (tertiary alicyclic amines) is 1. The molecule has 4 heterocycles. The van der Waals surface area contributed by atoms with Crippen molar-refractivity contribution in [3.05, 3.63) is 80.9 Å². The van der Waals surface area contributed by atoms with Crippen LogP contribution in [0.1, 0.15) is 48.5 Å². The van der Waals surface area contributed by atoms with Gasteiger partial charge in [-0.25, -0.2) is 4.98 Å². The summed E-state index contributed by atoms with van der Waals surface area (Å²) in [5.74, 6) is 0. The maximum absolute atomic E-state index is 13.4. The number of piperidine rings is 1. The van der Waals surface area contributed by atoms with E-state index in [1.54, 1.807) is 4.68 Å². The van der Waals surface area contributed by atoms with E-state index in [1.807, 2.05) is 37.4 Å². The van der Waals surface area contributed by atoms with Crippen molar-refractivity contribution in [2.24, 2.45) is 12.8 Å². The van der Waals surface area contributed by atoms with Crippen LogP contribution in [0.2, 0.25) is 5.02 Å². The lowest BCUT2D eigenvalue weighted by Gasteiger charge is -2.38. The number of halogens is 3. The van der Waals surface area contributed by atoms with Gasteiger partial charge in [0.15, 0.2) is 5.52 Å². The predicted molar refractivity (Wildman–Crippen MR) is 169 cm³/mol. The van der Waals surface area contributed by atoms with Crippen LogP contribution in [0.25, 0.3) is 22.3 Å². The summed E-state index contributed by atoms with van der Waals surface area (Å²) in [5, 5.41) is 16.7. The number of ether oxygens (including phenoxy) is 1. The van der Waals surface area contributed by atoms with E-state index >= 15 is 0 Å². The molecule has 0 spiro atoms. The van der Waals surface area contributed by atoms with E-state index in [2.05, 4.69) is 27.1 Å². The first-order valence-corrected chi connectivity index (χ1v) is 14.3. The smallest absolute Gasteiger partial charge is 0.281 e. The first-order chi connectivity index (χ1) is 19.3. The summed E-state index contributed by atoms with van der Waals surface area (Å²) in [6.07, 6.45) is 4.90. The zero-order valence-electron chi connectivity index (χ0n) is 23.5. The average Bonchev–Trinajstić information content (AvgIpc) is 3.61. The van der Waals surface area contributed by atoms with Crippen molar-refractivity contribution in [3.63, 3.8) is 0 Å². The second-order valence-corrected chi connectivity index (χ2v) is 11.5. The molecule has 0 radical (unpaired) electrons. The molecule has 2 aromatic heterocycles. The molecule has 0 amide bonds. The summed E-state index contributed by atoms with van der Waals surface area (Å²) in [6, 6.07) is 14.1. The fourth-order valence-corrected chi connectivity index (χ4v) is 6.15. The van der Waals surface area contributed by atoms with Crippen LogP contribution in [-0.4, -0.2) is 54.6 Å². The number of rotatable bonds is 7. The maximum Gasteiger partial charge on any atom is 0.281 e. The van der Waals surface area contributed by atoms with E-state index in [4.69, 9.17) is 22.1 Å². The molecule has 1 atom stereocenters. The highest BCUT2D eigenvalue weighted by Crippen LogP contribution is 2.32. The molecule has 226 valence electrons. The summed E-state index contributed by atoms with van der Waals surface area (Å²) in [6.45, 7) is 3.58. The molecule has 0 aliphatic carbocycles. The van der Waals surface area contributed by atoms with Crippen LogP contribution in [0.5, 0.6) is 0 Å². The van der Waals surface area contributed by atoms with Crippen LogP contribution in [0.15, 0.2) is 53.6 Å². The highest BCUT2D eigenvalue weighted by molar-refractivity contribution is 6.31. The molecule has 42 heavy (non-hydrogen) atoms. The van der Waals surface area contributed by atoms with E-state index in [1.165, 1.54) is 10.9 Å². The van der Waals surface area contributed by atoms with Crippen molar-refractivity contribution in [3.8, 4) is 11.3 Å². The lowest BCUT2D eigenvalue weighted by molar-refractivity contribution is -0.0364. The van der Waals surface area contributed by atoms with Crippen LogP contribution >= 0.6 is 36.4 Å². The number of hydrogen-bond donors (Lipinski definition) is 2. The molecule has 1 unspecified atom stereocenters. The molecular formula is C30H37Cl3N6O3. The van der Waals surface area contributed by atoms with E-state index in [0.717, 1.165) is 59.0 Å². The van der Waals surface area contributed by atoms with Crippen LogP contribution in [0.4, 0.5) is 0 Å². The van der Waals surface area contributed by atoms with Gasteiger partial charge in [-0.05, 0) is 48.4 Å². The molecule has 2 saturated heterocycles. The summed E-state index contributed by atoms with van der Waals surface area (Å²) in [7, 11) is 1.81. The minimum absolute atomic E-state index is 0. The van der Waals surface area contributed by atoms with Crippen molar-refractivity contribution >= 4 is 47.4 Å². The molecule has 2 aliphatic rings.